The van der Waals surface area contributed by atoms with Gasteiger partial charge in [-0.3, -0.25) is 4.79 Å². The van der Waals surface area contributed by atoms with Crippen molar-refractivity contribution >= 4 is 33.7 Å². The molecular weight excluding hydrogens is 244 g/mol. The molecule has 1 amide bonds. The van der Waals surface area contributed by atoms with Crippen molar-refractivity contribution in [2.75, 3.05) is 5.73 Å². The first-order valence-corrected chi connectivity index (χ1v) is 6.31. The average molecular weight is 254 g/mol. The largest absolute Gasteiger partial charge is 0.375 e. The Labute approximate surface area is 100 Å². The van der Waals surface area contributed by atoms with E-state index in [0.29, 0.717) is 17.4 Å². The molecule has 7 heteroatoms. The molecule has 84 valence electrons. The first-order chi connectivity index (χ1) is 7.65. The molecule has 5 nitrogen and oxygen atoms in total. The smallest absolute Gasteiger partial charge is 0.271 e. The van der Waals surface area contributed by atoms with E-state index in [4.69, 9.17) is 5.73 Å². The lowest BCUT2D eigenvalue weighted by Gasteiger charge is -1.99. The van der Waals surface area contributed by atoms with Gasteiger partial charge in [-0.05, 0) is 6.92 Å². The quantitative estimate of drug-likeness (QED) is 0.868. The third-order valence-electron chi connectivity index (χ3n) is 1.85. The van der Waals surface area contributed by atoms with Gasteiger partial charge in [0.05, 0.1) is 17.2 Å². The van der Waals surface area contributed by atoms with Crippen LogP contribution in [0.5, 0.6) is 0 Å². The number of hydrogen-bond donors (Lipinski definition) is 2. The Bertz CT molecular complexity index is 505. The summed E-state index contributed by atoms with van der Waals surface area (Å²) in [6.07, 6.45) is 0. The summed E-state index contributed by atoms with van der Waals surface area (Å²) in [5.74, 6) is -0.224. The van der Waals surface area contributed by atoms with Crippen LogP contribution < -0.4 is 11.1 Å². The molecule has 0 saturated heterocycles. The van der Waals surface area contributed by atoms with Gasteiger partial charge in [-0.2, -0.15) is 0 Å². The minimum atomic E-state index is -0.224. The molecule has 0 aliphatic rings. The van der Waals surface area contributed by atoms with Gasteiger partial charge in [-0.15, -0.1) is 22.7 Å². The Morgan fingerprint density at radius 3 is 2.81 bits per heavy atom. The van der Waals surface area contributed by atoms with Gasteiger partial charge < -0.3 is 11.1 Å². The standard InChI is InChI=1S/C9H10N4OS2/c1-5-12-6(3-15-5)2-11-8(14)7-4-16-9(10)13-7/h3-4H,2H2,1H3,(H2,10,13)(H,11,14). The number of nitrogens with two attached hydrogens (primary N) is 1. The van der Waals surface area contributed by atoms with Crippen LogP contribution in [-0.4, -0.2) is 15.9 Å². The zero-order valence-corrected chi connectivity index (χ0v) is 10.2. The summed E-state index contributed by atoms with van der Waals surface area (Å²) in [5, 5.41) is 7.68. The van der Waals surface area contributed by atoms with Crippen molar-refractivity contribution in [3.63, 3.8) is 0 Å². The second-order valence-electron chi connectivity index (χ2n) is 3.11. The summed E-state index contributed by atoms with van der Waals surface area (Å²) in [4.78, 5) is 19.7. The first kappa shape index (κ1) is 11.0. The summed E-state index contributed by atoms with van der Waals surface area (Å²) in [7, 11) is 0. The van der Waals surface area contributed by atoms with Gasteiger partial charge >= 0.3 is 0 Å². The van der Waals surface area contributed by atoms with Crippen LogP contribution in [0.1, 0.15) is 21.2 Å². The molecule has 0 unspecified atom stereocenters. The molecule has 0 atom stereocenters. The average Bonchev–Trinajstić information content (AvgIpc) is 2.84. The molecule has 0 aliphatic heterocycles. The number of carbonyl (C=O) groups excluding carboxylic acids is 1. The molecule has 2 heterocycles. The summed E-state index contributed by atoms with van der Waals surface area (Å²) in [6, 6.07) is 0. The van der Waals surface area contributed by atoms with E-state index in [2.05, 4.69) is 15.3 Å². The zero-order chi connectivity index (χ0) is 11.5. The second kappa shape index (κ2) is 4.58. The molecule has 2 aromatic heterocycles. The number of aryl methyl sites for hydroxylation is 1. The van der Waals surface area contributed by atoms with E-state index in [0.717, 1.165) is 10.7 Å². The van der Waals surface area contributed by atoms with E-state index in [1.54, 1.807) is 16.7 Å². The molecule has 0 aromatic carbocycles. The number of anilines is 1. The number of rotatable bonds is 3. The molecule has 2 rings (SSSR count). The molecule has 0 radical (unpaired) electrons. The number of nitrogen functional groups attached to an aromatic ring is 1. The number of carbonyl (C=O) groups is 1. The molecule has 0 bridgehead atoms. The molecule has 3 N–H and O–H groups in total. The number of hydrogen-bond acceptors (Lipinski definition) is 6. The van der Waals surface area contributed by atoms with E-state index in [9.17, 15) is 4.79 Å². The maximum Gasteiger partial charge on any atom is 0.271 e. The summed E-state index contributed by atoms with van der Waals surface area (Å²) in [6.45, 7) is 2.34. The molecule has 2 aromatic rings. The van der Waals surface area contributed by atoms with Crippen molar-refractivity contribution in [2.24, 2.45) is 0 Å². The number of thiazole rings is 2. The minimum absolute atomic E-state index is 0.224. The van der Waals surface area contributed by atoms with Crippen molar-refractivity contribution in [1.29, 1.82) is 0 Å². The molecular formula is C9H10N4OS2. The summed E-state index contributed by atoms with van der Waals surface area (Å²) in [5.41, 5.74) is 6.66. The lowest BCUT2D eigenvalue weighted by atomic mass is 10.4. The number of nitrogens with one attached hydrogen (secondary N) is 1. The highest BCUT2D eigenvalue weighted by Gasteiger charge is 2.09. The molecule has 0 fully saturated rings. The number of aromatic nitrogens is 2. The van der Waals surface area contributed by atoms with E-state index in [-0.39, 0.29) is 5.91 Å². The van der Waals surface area contributed by atoms with Crippen LogP contribution >= 0.6 is 22.7 Å². The fourth-order valence-corrected chi connectivity index (χ4v) is 2.30. The molecule has 0 aliphatic carbocycles. The van der Waals surface area contributed by atoms with Gasteiger partial charge in [0.1, 0.15) is 5.69 Å². The van der Waals surface area contributed by atoms with Gasteiger partial charge in [0.2, 0.25) is 0 Å². The SMILES string of the molecule is Cc1nc(CNC(=O)c2csc(N)n2)cs1. The topological polar surface area (TPSA) is 80.9 Å². The third kappa shape index (κ3) is 2.56. The van der Waals surface area contributed by atoms with Gasteiger partial charge in [0.15, 0.2) is 5.13 Å². The lowest BCUT2D eigenvalue weighted by molar-refractivity contribution is 0.0946. The van der Waals surface area contributed by atoms with Gasteiger partial charge in [0, 0.05) is 10.8 Å². The van der Waals surface area contributed by atoms with E-state index < -0.39 is 0 Å². The van der Waals surface area contributed by atoms with Crippen LogP contribution in [-0.2, 0) is 6.54 Å². The van der Waals surface area contributed by atoms with Crippen molar-refractivity contribution in [3.8, 4) is 0 Å². The highest BCUT2D eigenvalue weighted by molar-refractivity contribution is 7.13. The van der Waals surface area contributed by atoms with E-state index in [1.807, 2.05) is 12.3 Å². The number of nitrogens with zero attached hydrogens (tertiary/aromatic N) is 2. The van der Waals surface area contributed by atoms with Crippen molar-refractivity contribution in [1.82, 2.24) is 15.3 Å². The Morgan fingerprint density at radius 1 is 1.44 bits per heavy atom. The van der Waals surface area contributed by atoms with Gasteiger partial charge in [-0.1, -0.05) is 0 Å². The van der Waals surface area contributed by atoms with Crippen molar-refractivity contribution in [2.45, 2.75) is 13.5 Å². The van der Waals surface area contributed by atoms with Crippen LogP contribution in [0.15, 0.2) is 10.8 Å². The Morgan fingerprint density at radius 2 is 2.25 bits per heavy atom. The summed E-state index contributed by atoms with van der Waals surface area (Å²) >= 11 is 2.81. The van der Waals surface area contributed by atoms with Crippen LogP contribution in [0.3, 0.4) is 0 Å². The highest BCUT2D eigenvalue weighted by Crippen LogP contribution is 2.11. The van der Waals surface area contributed by atoms with Gasteiger partial charge in [0.25, 0.3) is 5.91 Å². The monoisotopic (exact) mass is 254 g/mol. The fourth-order valence-electron chi connectivity index (χ4n) is 1.14. The van der Waals surface area contributed by atoms with Crippen LogP contribution in [0.4, 0.5) is 5.13 Å². The predicted molar refractivity (Wildman–Crippen MR) is 64.5 cm³/mol. The lowest BCUT2D eigenvalue weighted by Crippen LogP contribution is -2.23. The summed E-state index contributed by atoms with van der Waals surface area (Å²) < 4.78 is 0. The molecule has 0 spiro atoms. The van der Waals surface area contributed by atoms with Gasteiger partial charge in [-0.25, -0.2) is 9.97 Å². The molecule has 0 saturated carbocycles. The van der Waals surface area contributed by atoms with Crippen LogP contribution in [0.2, 0.25) is 0 Å². The van der Waals surface area contributed by atoms with E-state index in [1.165, 1.54) is 11.3 Å². The van der Waals surface area contributed by atoms with E-state index >= 15 is 0 Å². The number of amides is 1. The zero-order valence-electron chi connectivity index (χ0n) is 8.56. The Hall–Kier alpha value is -1.47. The first-order valence-electron chi connectivity index (χ1n) is 4.55. The Kier molecular flexibility index (Phi) is 3.16. The molecule has 16 heavy (non-hydrogen) atoms. The Balaban J connectivity index is 1.93. The highest BCUT2D eigenvalue weighted by atomic mass is 32.1. The second-order valence-corrected chi connectivity index (χ2v) is 5.06. The van der Waals surface area contributed by atoms with Crippen LogP contribution in [0.25, 0.3) is 0 Å². The van der Waals surface area contributed by atoms with Crippen molar-refractivity contribution < 1.29 is 4.79 Å². The predicted octanol–water partition coefficient (Wildman–Crippen LogP) is 1.42. The maximum atomic E-state index is 11.6. The van der Waals surface area contributed by atoms with Crippen LogP contribution in [0, 0.1) is 6.92 Å². The fraction of sp³-hybridized carbons (Fsp3) is 0.222. The maximum absolute atomic E-state index is 11.6. The van der Waals surface area contributed by atoms with Crippen molar-refractivity contribution in [3.05, 3.63) is 27.2 Å². The third-order valence-corrected chi connectivity index (χ3v) is 3.35. The minimum Gasteiger partial charge on any atom is -0.375 e. The normalized spacial score (nSPS) is 10.3.